The molecule has 0 aromatic carbocycles. The first-order valence-corrected chi connectivity index (χ1v) is 6.23. The zero-order chi connectivity index (χ0) is 12.8. The van der Waals surface area contributed by atoms with Crippen molar-refractivity contribution >= 4 is 17.5 Å². The van der Waals surface area contributed by atoms with Gasteiger partial charge >= 0.3 is 5.97 Å². The van der Waals surface area contributed by atoms with Gasteiger partial charge in [-0.05, 0) is 33.1 Å². The van der Waals surface area contributed by atoms with Crippen LogP contribution in [0.3, 0.4) is 0 Å². The molecule has 0 aromatic rings. The molecule has 0 spiro atoms. The fraction of sp³-hybridized carbons (Fsp3) is 0.769. The summed E-state index contributed by atoms with van der Waals surface area (Å²) < 4.78 is 4.95. The zero-order valence-electron chi connectivity index (χ0n) is 10.5. The molecule has 4 nitrogen and oxygen atoms in total. The lowest BCUT2D eigenvalue weighted by molar-refractivity contribution is -0.150. The highest BCUT2D eigenvalue weighted by Crippen LogP contribution is 2.29. The van der Waals surface area contributed by atoms with Crippen LogP contribution in [0.15, 0.2) is 0 Å². The van der Waals surface area contributed by atoms with Crippen molar-refractivity contribution in [3.05, 3.63) is 0 Å². The number of ether oxygens (including phenoxy) is 1. The van der Waals surface area contributed by atoms with E-state index in [1.54, 1.807) is 6.92 Å². The Bertz CT molecular complexity index is 309. The molecule has 1 saturated carbocycles. The molecule has 0 amide bonds. The summed E-state index contributed by atoms with van der Waals surface area (Å²) in [5.41, 5.74) is 0. The van der Waals surface area contributed by atoms with Gasteiger partial charge in [-0.2, -0.15) is 0 Å². The molecule has 1 aliphatic rings. The highest BCUT2D eigenvalue weighted by atomic mass is 16.5. The zero-order valence-corrected chi connectivity index (χ0v) is 10.5. The molecular formula is C13H20O4. The minimum absolute atomic E-state index is 0.0338. The van der Waals surface area contributed by atoms with Crippen molar-refractivity contribution in [2.75, 3.05) is 6.61 Å². The van der Waals surface area contributed by atoms with Crippen LogP contribution in [0.1, 0.15) is 46.0 Å². The van der Waals surface area contributed by atoms with E-state index in [9.17, 15) is 14.4 Å². The number of hydrogen-bond acceptors (Lipinski definition) is 4. The number of ketones is 2. The van der Waals surface area contributed by atoms with Crippen molar-refractivity contribution in [2.45, 2.75) is 46.0 Å². The topological polar surface area (TPSA) is 60.4 Å². The average molecular weight is 240 g/mol. The monoisotopic (exact) mass is 240 g/mol. The lowest BCUT2D eigenvalue weighted by atomic mass is 9.89. The molecule has 0 aromatic heterocycles. The van der Waals surface area contributed by atoms with Gasteiger partial charge in [0.1, 0.15) is 11.6 Å². The Hall–Kier alpha value is -1.19. The van der Waals surface area contributed by atoms with E-state index in [2.05, 4.69) is 0 Å². The van der Waals surface area contributed by atoms with Gasteiger partial charge in [-0.1, -0.05) is 0 Å². The second-order valence-corrected chi connectivity index (χ2v) is 4.65. The first-order chi connectivity index (χ1) is 8.04. The van der Waals surface area contributed by atoms with Gasteiger partial charge < -0.3 is 9.53 Å². The summed E-state index contributed by atoms with van der Waals surface area (Å²) in [5.74, 6) is -0.651. The summed E-state index contributed by atoms with van der Waals surface area (Å²) in [6.07, 6.45) is 3.01. The van der Waals surface area contributed by atoms with Gasteiger partial charge in [0.05, 0.1) is 12.5 Å². The molecule has 0 N–H and O–H groups in total. The van der Waals surface area contributed by atoms with E-state index in [0.717, 1.165) is 12.8 Å². The first kappa shape index (κ1) is 13.9. The Balaban J connectivity index is 2.59. The quantitative estimate of drug-likeness (QED) is 0.665. The second kappa shape index (κ2) is 6.52. The molecule has 0 radical (unpaired) electrons. The second-order valence-electron chi connectivity index (χ2n) is 4.65. The van der Waals surface area contributed by atoms with Crippen LogP contribution in [-0.4, -0.2) is 24.1 Å². The van der Waals surface area contributed by atoms with E-state index in [4.69, 9.17) is 4.74 Å². The molecule has 96 valence electrons. The maximum atomic E-state index is 11.7. The summed E-state index contributed by atoms with van der Waals surface area (Å²) in [7, 11) is 0. The molecule has 2 unspecified atom stereocenters. The Morgan fingerprint density at radius 2 is 2.18 bits per heavy atom. The van der Waals surface area contributed by atoms with Crippen LogP contribution < -0.4 is 0 Å². The van der Waals surface area contributed by atoms with Crippen molar-refractivity contribution in [3.63, 3.8) is 0 Å². The normalized spacial score (nSPS) is 21.3. The third-order valence-corrected chi connectivity index (χ3v) is 3.15. The maximum Gasteiger partial charge on any atom is 0.309 e. The van der Waals surface area contributed by atoms with Crippen LogP contribution in [0.5, 0.6) is 0 Å². The Kier molecular flexibility index (Phi) is 5.32. The van der Waals surface area contributed by atoms with Crippen LogP contribution >= 0.6 is 0 Å². The van der Waals surface area contributed by atoms with Gasteiger partial charge in [0.15, 0.2) is 0 Å². The summed E-state index contributed by atoms with van der Waals surface area (Å²) in [6.45, 7) is 3.51. The van der Waals surface area contributed by atoms with Gasteiger partial charge in [-0.3, -0.25) is 9.59 Å². The highest BCUT2D eigenvalue weighted by Gasteiger charge is 2.31. The van der Waals surface area contributed by atoms with Crippen molar-refractivity contribution in [2.24, 2.45) is 11.8 Å². The molecule has 1 rings (SSSR count). The standard InChI is InChI=1S/C13H20O4/c1-3-17-13(16)11(7-9(2)14)8-10-5-4-6-12(10)15/h10-11H,3-8H2,1-2H3. The molecule has 2 atom stereocenters. The lowest BCUT2D eigenvalue weighted by Gasteiger charge is -2.17. The van der Waals surface area contributed by atoms with Crippen molar-refractivity contribution in [3.8, 4) is 0 Å². The van der Waals surface area contributed by atoms with E-state index < -0.39 is 5.92 Å². The van der Waals surface area contributed by atoms with Crippen LogP contribution in [-0.2, 0) is 19.1 Å². The first-order valence-electron chi connectivity index (χ1n) is 6.23. The number of Topliss-reactive ketones (excluding diaryl/α,β-unsaturated/α-hetero) is 2. The van der Waals surface area contributed by atoms with E-state index in [0.29, 0.717) is 19.4 Å². The third kappa shape index (κ3) is 4.29. The van der Waals surface area contributed by atoms with Crippen LogP contribution in [0.4, 0.5) is 0 Å². The molecule has 1 fully saturated rings. The molecule has 0 saturated heterocycles. The summed E-state index contributed by atoms with van der Waals surface area (Å²) in [4.78, 5) is 34.4. The minimum Gasteiger partial charge on any atom is -0.466 e. The van der Waals surface area contributed by atoms with Crippen molar-refractivity contribution in [1.82, 2.24) is 0 Å². The molecular weight excluding hydrogens is 220 g/mol. The number of hydrogen-bond donors (Lipinski definition) is 0. The largest absolute Gasteiger partial charge is 0.466 e. The molecule has 0 bridgehead atoms. The summed E-state index contributed by atoms with van der Waals surface area (Å²) in [5, 5.41) is 0. The van der Waals surface area contributed by atoms with Crippen molar-refractivity contribution < 1.29 is 19.1 Å². The van der Waals surface area contributed by atoms with Gasteiger partial charge in [0, 0.05) is 18.8 Å². The summed E-state index contributed by atoms with van der Waals surface area (Å²) >= 11 is 0. The molecule has 1 aliphatic carbocycles. The van der Waals surface area contributed by atoms with Crippen molar-refractivity contribution in [1.29, 1.82) is 0 Å². The number of esters is 1. The number of carbonyl (C=O) groups is 3. The third-order valence-electron chi connectivity index (χ3n) is 3.15. The van der Waals surface area contributed by atoms with Gasteiger partial charge in [-0.15, -0.1) is 0 Å². The molecule has 0 heterocycles. The molecule has 4 heteroatoms. The van der Waals surface area contributed by atoms with Gasteiger partial charge in [0.25, 0.3) is 0 Å². The Morgan fingerprint density at radius 3 is 2.65 bits per heavy atom. The van der Waals surface area contributed by atoms with E-state index in [1.807, 2.05) is 0 Å². The Labute approximate surface area is 102 Å². The fourth-order valence-electron chi connectivity index (χ4n) is 2.35. The smallest absolute Gasteiger partial charge is 0.309 e. The number of rotatable bonds is 6. The van der Waals surface area contributed by atoms with Crippen LogP contribution in [0.25, 0.3) is 0 Å². The van der Waals surface area contributed by atoms with E-state index in [1.165, 1.54) is 6.92 Å². The predicted octanol–water partition coefficient (Wildman–Crippen LogP) is 1.90. The summed E-state index contributed by atoms with van der Waals surface area (Å²) in [6, 6.07) is 0. The highest BCUT2D eigenvalue weighted by molar-refractivity contribution is 5.85. The predicted molar refractivity (Wildman–Crippen MR) is 62.4 cm³/mol. The van der Waals surface area contributed by atoms with E-state index >= 15 is 0 Å². The SMILES string of the molecule is CCOC(=O)C(CC(C)=O)CC1CCCC1=O. The van der Waals surface area contributed by atoms with E-state index in [-0.39, 0.29) is 29.9 Å². The van der Waals surface area contributed by atoms with Crippen LogP contribution in [0.2, 0.25) is 0 Å². The minimum atomic E-state index is -0.445. The van der Waals surface area contributed by atoms with Gasteiger partial charge in [-0.25, -0.2) is 0 Å². The van der Waals surface area contributed by atoms with Crippen LogP contribution in [0, 0.1) is 11.8 Å². The molecule has 17 heavy (non-hydrogen) atoms. The Morgan fingerprint density at radius 1 is 1.47 bits per heavy atom. The lowest BCUT2D eigenvalue weighted by Crippen LogP contribution is -2.24. The number of carbonyl (C=O) groups excluding carboxylic acids is 3. The van der Waals surface area contributed by atoms with Gasteiger partial charge in [0.2, 0.25) is 0 Å². The molecule has 0 aliphatic heterocycles. The maximum absolute atomic E-state index is 11.7. The average Bonchev–Trinajstić information content (AvgIpc) is 2.63. The fourth-order valence-corrected chi connectivity index (χ4v) is 2.35.